The molecule has 0 aliphatic rings. The number of halogens is 1. The smallest absolute Gasteiger partial charge is 0.349 e. The number of nitrogens with zero attached hydrogens (tertiary/aromatic N) is 3. The van der Waals surface area contributed by atoms with Gasteiger partial charge in [0.25, 0.3) is 11.5 Å². The van der Waals surface area contributed by atoms with Crippen LogP contribution >= 0.6 is 15.9 Å². The van der Waals surface area contributed by atoms with E-state index in [9.17, 15) is 14.4 Å². The third kappa shape index (κ3) is 5.67. The highest BCUT2D eigenvalue weighted by molar-refractivity contribution is 9.10. The fraction of sp³-hybridized carbons (Fsp3) is 0.231. The standard InChI is InChI=1S/C26H26BrN5O5/c1-15-12-18(13-16(2)23(15)37-19-7-8-21(36-4)20(27)14-19)32-26(35)29-25(34)22(30-32)24(33)28-10-9-17-6-5-11-31(17)3/h5-8,11-14H,9-10H2,1-4H3,(H,28,33)(H,29,34,35). The zero-order valence-electron chi connectivity index (χ0n) is 20.8. The zero-order valence-corrected chi connectivity index (χ0v) is 22.4. The van der Waals surface area contributed by atoms with Crippen LogP contribution in [0.2, 0.25) is 0 Å². The molecule has 0 saturated carbocycles. The molecule has 2 N–H and O–H groups in total. The van der Waals surface area contributed by atoms with Gasteiger partial charge >= 0.3 is 5.69 Å². The molecule has 0 aliphatic carbocycles. The van der Waals surface area contributed by atoms with Crippen molar-refractivity contribution in [2.45, 2.75) is 20.3 Å². The number of H-pyrrole nitrogens is 1. The molecule has 2 heterocycles. The second-order valence-electron chi connectivity index (χ2n) is 8.44. The van der Waals surface area contributed by atoms with Crippen LogP contribution in [0.4, 0.5) is 0 Å². The van der Waals surface area contributed by atoms with E-state index in [1.807, 2.05) is 43.8 Å². The van der Waals surface area contributed by atoms with E-state index < -0.39 is 22.9 Å². The first-order valence-electron chi connectivity index (χ1n) is 11.4. The number of nitrogens with one attached hydrogen (secondary N) is 2. The Morgan fingerprint density at radius 3 is 2.49 bits per heavy atom. The molecule has 11 heteroatoms. The van der Waals surface area contributed by atoms with Crippen molar-refractivity contribution in [3.63, 3.8) is 0 Å². The van der Waals surface area contributed by atoms with Crippen molar-refractivity contribution in [1.29, 1.82) is 0 Å². The van der Waals surface area contributed by atoms with Crippen LogP contribution in [0.1, 0.15) is 27.3 Å². The van der Waals surface area contributed by atoms with E-state index in [2.05, 4.69) is 31.3 Å². The first-order chi connectivity index (χ1) is 17.7. The minimum atomic E-state index is -0.851. The molecule has 0 bridgehead atoms. The van der Waals surface area contributed by atoms with E-state index in [1.165, 1.54) is 0 Å². The lowest BCUT2D eigenvalue weighted by atomic mass is 10.1. The number of rotatable bonds is 8. The Labute approximate surface area is 221 Å². The van der Waals surface area contributed by atoms with E-state index in [4.69, 9.17) is 9.47 Å². The number of aryl methyl sites for hydroxylation is 3. The summed E-state index contributed by atoms with van der Waals surface area (Å²) in [5.41, 5.74) is 0.879. The van der Waals surface area contributed by atoms with Gasteiger partial charge in [0, 0.05) is 31.9 Å². The minimum absolute atomic E-state index is 0.308. The van der Waals surface area contributed by atoms with Gasteiger partial charge < -0.3 is 19.4 Å². The number of benzene rings is 2. The number of aromatic amines is 1. The highest BCUT2D eigenvalue weighted by atomic mass is 79.9. The predicted octanol–water partition coefficient (Wildman–Crippen LogP) is 3.41. The zero-order chi connectivity index (χ0) is 26.7. The Morgan fingerprint density at radius 1 is 1.14 bits per heavy atom. The summed E-state index contributed by atoms with van der Waals surface area (Å²) in [5.74, 6) is 1.22. The molecule has 1 amide bonds. The van der Waals surface area contributed by atoms with Crippen LogP contribution < -0.4 is 26.0 Å². The Balaban J connectivity index is 1.58. The predicted molar refractivity (Wildman–Crippen MR) is 142 cm³/mol. The first kappa shape index (κ1) is 26.0. The maximum absolute atomic E-state index is 12.7. The summed E-state index contributed by atoms with van der Waals surface area (Å²) in [6.07, 6.45) is 2.49. The number of hydrogen-bond donors (Lipinski definition) is 2. The number of hydrogen-bond acceptors (Lipinski definition) is 6. The van der Waals surface area contributed by atoms with Crippen LogP contribution in [0.15, 0.2) is 62.7 Å². The highest BCUT2D eigenvalue weighted by Crippen LogP contribution is 2.34. The number of aromatic nitrogens is 4. The van der Waals surface area contributed by atoms with Gasteiger partial charge in [-0.1, -0.05) is 0 Å². The molecule has 4 rings (SSSR count). The van der Waals surface area contributed by atoms with Crippen LogP contribution in [0.5, 0.6) is 17.2 Å². The van der Waals surface area contributed by atoms with Gasteiger partial charge in [-0.15, -0.1) is 0 Å². The Hall–Kier alpha value is -4.12. The molecule has 37 heavy (non-hydrogen) atoms. The maximum atomic E-state index is 12.7. The quantitative estimate of drug-likeness (QED) is 0.336. The van der Waals surface area contributed by atoms with E-state index in [0.717, 1.165) is 26.0 Å². The van der Waals surface area contributed by atoms with Crippen molar-refractivity contribution in [3.8, 4) is 22.9 Å². The molecule has 0 aliphatic heterocycles. The van der Waals surface area contributed by atoms with Gasteiger partial charge in [0.05, 0.1) is 17.3 Å². The van der Waals surface area contributed by atoms with Crippen LogP contribution in [0.25, 0.3) is 5.69 Å². The average molecular weight is 568 g/mol. The summed E-state index contributed by atoms with van der Waals surface area (Å²) in [6.45, 7) is 3.97. The van der Waals surface area contributed by atoms with Gasteiger partial charge in [-0.3, -0.25) is 14.6 Å². The minimum Gasteiger partial charge on any atom is -0.496 e. The van der Waals surface area contributed by atoms with E-state index >= 15 is 0 Å². The third-order valence-electron chi connectivity index (χ3n) is 5.79. The molecule has 2 aromatic heterocycles. The van der Waals surface area contributed by atoms with Crippen molar-refractivity contribution in [2.24, 2.45) is 7.05 Å². The van der Waals surface area contributed by atoms with Crippen molar-refractivity contribution < 1.29 is 14.3 Å². The summed E-state index contributed by atoms with van der Waals surface area (Å²) in [7, 11) is 3.50. The Kier molecular flexibility index (Phi) is 7.63. The molecule has 192 valence electrons. The maximum Gasteiger partial charge on any atom is 0.349 e. The monoisotopic (exact) mass is 567 g/mol. The molecule has 2 aromatic carbocycles. The molecule has 0 unspecified atom stereocenters. The molecule has 0 fully saturated rings. The largest absolute Gasteiger partial charge is 0.496 e. The molecule has 0 atom stereocenters. The molecule has 0 saturated heterocycles. The van der Waals surface area contributed by atoms with Crippen molar-refractivity contribution in [1.82, 2.24) is 24.6 Å². The normalized spacial score (nSPS) is 10.8. The van der Waals surface area contributed by atoms with E-state index in [1.54, 1.807) is 37.4 Å². The second-order valence-corrected chi connectivity index (χ2v) is 9.30. The summed E-state index contributed by atoms with van der Waals surface area (Å²) in [4.78, 5) is 39.8. The average Bonchev–Trinajstić information content (AvgIpc) is 3.26. The van der Waals surface area contributed by atoms with Gasteiger partial charge in [0.1, 0.15) is 17.2 Å². The highest BCUT2D eigenvalue weighted by Gasteiger charge is 2.18. The fourth-order valence-electron chi connectivity index (χ4n) is 3.91. The molecule has 0 radical (unpaired) electrons. The molecule has 0 spiro atoms. The number of carbonyl (C=O) groups excluding carboxylic acids is 1. The summed E-state index contributed by atoms with van der Waals surface area (Å²) >= 11 is 3.45. The molecule has 10 nitrogen and oxygen atoms in total. The van der Waals surface area contributed by atoms with Gasteiger partial charge in [-0.05, 0) is 83.4 Å². The van der Waals surface area contributed by atoms with E-state index in [0.29, 0.717) is 35.9 Å². The third-order valence-corrected chi connectivity index (χ3v) is 6.41. The first-order valence-corrected chi connectivity index (χ1v) is 12.2. The summed E-state index contributed by atoms with van der Waals surface area (Å²) < 4.78 is 15.0. The van der Waals surface area contributed by atoms with Gasteiger partial charge in [0.2, 0.25) is 5.69 Å². The number of ether oxygens (including phenoxy) is 2. The summed E-state index contributed by atoms with van der Waals surface area (Å²) in [6, 6.07) is 12.6. The van der Waals surface area contributed by atoms with Crippen molar-refractivity contribution >= 4 is 21.8 Å². The lowest BCUT2D eigenvalue weighted by Gasteiger charge is -2.15. The lowest BCUT2D eigenvalue weighted by Crippen LogP contribution is -2.39. The van der Waals surface area contributed by atoms with Crippen LogP contribution in [0, 0.1) is 13.8 Å². The molecular formula is C26H26BrN5O5. The van der Waals surface area contributed by atoms with Crippen LogP contribution in [-0.4, -0.2) is 38.9 Å². The van der Waals surface area contributed by atoms with Crippen molar-refractivity contribution in [3.05, 3.63) is 96.5 Å². The molecule has 4 aromatic rings. The van der Waals surface area contributed by atoms with Gasteiger partial charge in [0.15, 0.2) is 0 Å². The number of amides is 1. The lowest BCUT2D eigenvalue weighted by molar-refractivity contribution is 0.0945. The fourth-order valence-corrected chi connectivity index (χ4v) is 4.43. The van der Waals surface area contributed by atoms with Crippen LogP contribution in [0.3, 0.4) is 0 Å². The van der Waals surface area contributed by atoms with Crippen LogP contribution in [-0.2, 0) is 13.5 Å². The van der Waals surface area contributed by atoms with Gasteiger partial charge in [-0.2, -0.15) is 9.78 Å². The topological polar surface area (TPSA) is 120 Å². The number of carbonyl (C=O) groups is 1. The number of methoxy groups -OCH3 is 1. The second kappa shape index (κ2) is 10.9. The SMILES string of the molecule is COc1ccc(Oc2c(C)cc(-n3nc(C(=O)NCCc4cccn4C)c(=O)[nH]c3=O)cc2C)cc1Br. The van der Waals surface area contributed by atoms with Gasteiger partial charge in [-0.25, -0.2) is 4.79 Å². The Bertz CT molecular complexity index is 1560. The van der Waals surface area contributed by atoms with E-state index in [-0.39, 0.29) is 0 Å². The Morgan fingerprint density at radius 2 is 1.86 bits per heavy atom. The summed E-state index contributed by atoms with van der Waals surface area (Å²) in [5, 5.41) is 6.78. The van der Waals surface area contributed by atoms with Crippen molar-refractivity contribution in [2.75, 3.05) is 13.7 Å². The molecular weight excluding hydrogens is 542 g/mol.